The average molecular weight is 190 g/mol. The molecule has 0 atom stereocenters. The molecule has 0 radical (unpaired) electrons. The second-order valence-electron chi connectivity index (χ2n) is 2.68. The summed E-state index contributed by atoms with van der Waals surface area (Å²) < 4.78 is 1.20. The number of thiazole rings is 1. The Morgan fingerprint density at radius 1 is 1.46 bits per heavy atom. The summed E-state index contributed by atoms with van der Waals surface area (Å²) in [6.45, 7) is 2.07. The van der Waals surface area contributed by atoms with E-state index in [0.717, 1.165) is 17.1 Å². The van der Waals surface area contributed by atoms with E-state index in [9.17, 15) is 0 Å². The Bertz CT molecular complexity index is 398. The maximum atomic E-state index is 4.37. The van der Waals surface area contributed by atoms with Crippen molar-refractivity contribution in [1.29, 1.82) is 0 Å². The predicted octanol–water partition coefficient (Wildman–Crippen LogP) is 3.41. The van der Waals surface area contributed by atoms with Gasteiger partial charge < -0.3 is 0 Å². The number of hydrogen-bond acceptors (Lipinski definition) is 3. The first-order chi connectivity index (χ1) is 6.40. The van der Waals surface area contributed by atoms with Crippen LogP contribution in [0.25, 0.3) is 10.2 Å². The first-order valence-electron chi connectivity index (χ1n) is 4.28. The molecule has 13 heavy (non-hydrogen) atoms. The first-order valence-corrected chi connectivity index (χ1v) is 5.10. The Labute approximate surface area is 81.0 Å². The zero-order chi connectivity index (χ0) is 9.10. The molecule has 0 aliphatic rings. The summed E-state index contributed by atoms with van der Waals surface area (Å²) >= 11 is 1.63. The van der Waals surface area contributed by atoms with Crippen LogP contribution in [0.15, 0.2) is 29.3 Å². The van der Waals surface area contributed by atoms with Crippen molar-refractivity contribution in [2.24, 2.45) is 4.99 Å². The molecule has 0 fully saturated rings. The van der Waals surface area contributed by atoms with Crippen LogP contribution < -0.4 is 0 Å². The molecule has 0 unspecified atom stereocenters. The summed E-state index contributed by atoms with van der Waals surface area (Å²) in [6, 6.07) is 8.10. The number of aliphatic imine (C=N–C) groups is 1. The first kappa shape index (κ1) is 8.38. The summed E-state index contributed by atoms with van der Waals surface area (Å²) in [7, 11) is 0. The molecular formula is C10H10N2S. The van der Waals surface area contributed by atoms with Crippen molar-refractivity contribution in [3.05, 3.63) is 24.3 Å². The fourth-order valence-electron chi connectivity index (χ4n) is 1.08. The minimum Gasteiger partial charge on any atom is -0.232 e. The van der Waals surface area contributed by atoms with Crippen LogP contribution in [0.2, 0.25) is 0 Å². The Hall–Kier alpha value is -1.22. The highest BCUT2D eigenvalue weighted by Gasteiger charge is 1.99. The van der Waals surface area contributed by atoms with Crippen LogP contribution in [0, 0.1) is 0 Å². The fourth-order valence-corrected chi connectivity index (χ4v) is 1.92. The van der Waals surface area contributed by atoms with Gasteiger partial charge in [0.2, 0.25) is 5.13 Å². The Morgan fingerprint density at radius 2 is 2.31 bits per heavy atom. The molecule has 0 N–H and O–H groups in total. The summed E-state index contributed by atoms with van der Waals surface area (Å²) in [6.07, 6.45) is 2.84. The van der Waals surface area contributed by atoms with Gasteiger partial charge in [-0.2, -0.15) is 0 Å². The zero-order valence-electron chi connectivity index (χ0n) is 7.40. The van der Waals surface area contributed by atoms with Crippen LogP contribution >= 0.6 is 11.3 Å². The molecule has 1 heterocycles. The highest BCUT2D eigenvalue weighted by Crippen LogP contribution is 2.27. The predicted molar refractivity (Wildman–Crippen MR) is 58.1 cm³/mol. The fraction of sp³-hybridized carbons (Fsp3) is 0.200. The van der Waals surface area contributed by atoms with Gasteiger partial charge in [0.1, 0.15) is 0 Å². The van der Waals surface area contributed by atoms with Crippen LogP contribution in [-0.2, 0) is 0 Å². The lowest BCUT2D eigenvalue weighted by Crippen LogP contribution is -1.66. The van der Waals surface area contributed by atoms with Crippen molar-refractivity contribution >= 4 is 32.9 Å². The molecule has 0 saturated carbocycles. The van der Waals surface area contributed by atoms with E-state index in [1.54, 1.807) is 11.3 Å². The lowest BCUT2D eigenvalue weighted by Gasteiger charge is -1.80. The number of fused-ring (bicyclic) bond motifs is 1. The summed E-state index contributed by atoms with van der Waals surface area (Å²) in [4.78, 5) is 8.62. The number of para-hydroxylation sites is 1. The zero-order valence-corrected chi connectivity index (χ0v) is 8.21. The van der Waals surface area contributed by atoms with Crippen molar-refractivity contribution in [2.45, 2.75) is 13.3 Å². The topological polar surface area (TPSA) is 25.2 Å². The van der Waals surface area contributed by atoms with E-state index in [4.69, 9.17) is 0 Å². The Kier molecular flexibility index (Phi) is 2.36. The molecule has 3 heteroatoms. The normalized spacial score (nSPS) is 11.5. The van der Waals surface area contributed by atoms with Gasteiger partial charge >= 0.3 is 0 Å². The number of benzene rings is 1. The molecule has 0 aliphatic heterocycles. The van der Waals surface area contributed by atoms with E-state index in [2.05, 4.69) is 23.0 Å². The monoisotopic (exact) mass is 190 g/mol. The smallest absolute Gasteiger partial charge is 0.209 e. The molecule has 2 nitrogen and oxygen atoms in total. The third-order valence-corrected chi connectivity index (χ3v) is 2.61. The van der Waals surface area contributed by atoms with Gasteiger partial charge in [0.25, 0.3) is 0 Å². The van der Waals surface area contributed by atoms with Crippen molar-refractivity contribution in [3.8, 4) is 0 Å². The van der Waals surface area contributed by atoms with Gasteiger partial charge in [-0.15, -0.1) is 0 Å². The van der Waals surface area contributed by atoms with Crippen molar-refractivity contribution in [3.63, 3.8) is 0 Å². The van der Waals surface area contributed by atoms with Crippen molar-refractivity contribution in [1.82, 2.24) is 4.98 Å². The molecule has 0 bridgehead atoms. The van der Waals surface area contributed by atoms with Gasteiger partial charge in [-0.1, -0.05) is 30.4 Å². The Morgan fingerprint density at radius 3 is 3.08 bits per heavy atom. The van der Waals surface area contributed by atoms with E-state index in [-0.39, 0.29) is 0 Å². The molecule has 66 valence electrons. The van der Waals surface area contributed by atoms with E-state index in [0.29, 0.717) is 0 Å². The Balaban J connectivity index is 2.44. The third-order valence-electron chi connectivity index (χ3n) is 1.67. The molecule has 2 rings (SSSR count). The molecule has 1 aromatic carbocycles. The standard InChI is InChI=1S/C10H10N2S/c1-2-7-11-10-12-8-5-3-4-6-9(8)13-10/h3-7H,2H2,1H3/b11-7-. The SMILES string of the molecule is CC/C=N\c1nc2ccccc2s1. The number of hydrogen-bond donors (Lipinski definition) is 0. The molecule has 0 aliphatic carbocycles. The van der Waals surface area contributed by atoms with E-state index in [1.165, 1.54) is 4.70 Å². The van der Waals surface area contributed by atoms with E-state index < -0.39 is 0 Å². The number of aromatic nitrogens is 1. The molecular weight excluding hydrogens is 180 g/mol. The third kappa shape index (κ3) is 1.75. The second-order valence-corrected chi connectivity index (χ2v) is 3.69. The van der Waals surface area contributed by atoms with Crippen LogP contribution in [0.3, 0.4) is 0 Å². The molecule has 2 aromatic rings. The van der Waals surface area contributed by atoms with Gasteiger partial charge in [-0.25, -0.2) is 9.98 Å². The van der Waals surface area contributed by atoms with E-state index in [1.807, 2.05) is 24.4 Å². The van der Waals surface area contributed by atoms with Crippen LogP contribution in [-0.4, -0.2) is 11.2 Å². The van der Waals surface area contributed by atoms with Gasteiger partial charge in [-0.05, 0) is 18.6 Å². The summed E-state index contributed by atoms with van der Waals surface area (Å²) in [5.41, 5.74) is 1.04. The quantitative estimate of drug-likeness (QED) is 0.666. The van der Waals surface area contributed by atoms with Crippen LogP contribution in [0.4, 0.5) is 5.13 Å². The van der Waals surface area contributed by atoms with Gasteiger partial charge in [-0.3, -0.25) is 0 Å². The van der Waals surface area contributed by atoms with Gasteiger partial charge in [0.15, 0.2) is 0 Å². The van der Waals surface area contributed by atoms with Crippen molar-refractivity contribution in [2.75, 3.05) is 0 Å². The number of rotatable bonds is 2. The van der Waals surface area contributed by atoms with E-state index >= 15 is 0 Å². The summed E-state index contributed by atoms with van der Waals surface area (Å²) in [5.74, 6) is 0. The largest absolute Gasteiger partial charge is 0.232 e. The highest BCUT2D eigenvalue weighted by molar-refractivity contribution is 7.22. The maximum absolute atomic E-state index is 4.37. The minimum absolute atomic E-state index is 0.850. The lowest BCUT2D eigenvalue weighted by atomic mass is 10.3. The van der Waals surface area contributed by atoms with Gasteiger partial charge in [0.05, 0.1) is 10.2 Å². The maximum Gasteiger partial charge on any atom is 0.209 e. The summed E-state index contributed by atoms with van der Waals surface area (Å²) in [5, 5.41) is 0.850. The average Bonchev–Trinajstić information content (AvgIpc) is 2.57. The highest BCUT2D eigenvalue weighted by atomic mass is 32.1. The molecule has 0 saturated heterocycles. The minimum atomic E-state index is 0.850. The van der Waals surface area contributed by atoms with Crippen molar-refractivity contribution < 1.29 is 0 Å². The molecule has 1 aromatic heterocycles. The second kappa shape index (κ2) is 3.66. The lowest BCUT2D eigenvalue weighted by molar-refractivity contribution is 1.30. The molecule has 0 spiro atoms. The van der Waals surface area contributed by atoms with Gasteiger partial charge in [0, 0.05) is 6.21 Å². The number of nitrogens with zero attached hydrogens (tertiary/aromatic N) is 2. The van der Waals surface area contributed by atoms with Crippen LogP contribution in [0.5, 0.6) is 0 Å². The molecule has 0 amide bonds. The van der Waals surface area contributed by atoms with Crippen LogP contribution in [0.1, 0.15) is 13.3 Å².